The Bertz CT molecular complexity index is 1150. The maximum Gasteiger partial charge on any atom is 0.227 e. The molecular formula is C21H20N2O. The summed E-state index contributed by atoms with van der Waals surface area (Å²) in [6.07, 6.45) is 0.177. The number of pyridine rings is 2. The Kier molecular flexibility index (Phi) is 2.83. The number of furan rings is 1. The van der Waals surface area contributed by atoms with Gasteiger partial charge < -0.3 is 4.42 Å². The summed E-state index contributed by atoms with van der Waals surface area (Å²) in [6.45, 7) is 5.17. The zero-order valence-electron chi connectivity index (χ0n) is 16.9. The van der Waals surface area contributed by atoms with Crippen LogP contribution in [-0.2, 0) is 6.37 Å². The number of aryl methyl sites for hydroxylation is 1. The van der Waals surface area contributed by atoms with Crippen molar-refractivity contribution in [1.29, 1.82) is 0 Å². The molecule has 1 aromatic carbocycles. The van der Waals surface area contributed by atoms with Crippen molar-refractivity contribution in [2.45, 2.75) is 33.0 Å². The summed E-state index contributed by atoms with van der Waals surface area (Å²) in [5.41, 5.74) is 3.87. The number of hydrogen-bond acceptors (Lipinski definition) is 3. The van der Waals surface area contributed by atoms with Gasteiger partial charge in [-0.05, 0) is 48.2 Å². The number of rotatable bonds is 3. The molecule has 0 bridgehead atoms. The van der Waals surface area contributed by atoms with Crippen molar-refractivity contribution in [1.82, 2.24) is 9.97 Å². The van der Waals surface area contributed by atoms with Crippen molar-refractivity contribution in [3.8, 4) is 11.3 Å². The molecule has 3 heteroatoms. The van der Waals surface area contributed by atoms with Gasteiger partial charge in [-0.25, -0.2) is 4.98 Å². The van der Waals surface area contributed by atoms with Gasteiger partial charge in [-0.3, -0.25) is 4.98 Å². The molecule has 0 amide bonds. The second kappa shape index (κ2) is 5.75. The fourth-order valence-electron chi connectivity index (χ4n) is 2.91. The third-order valence-electron chi connectivity index (χ3n) is 4.23. The van der Waals surface area contributed by atoms with Gasteiger partial charge in [-0.2, -0.15) is 0 Å². The van der Waals surface area contributed by atoms with Gasteiger partial charge >= 0.3 is 0 Å². The number of hydrogen-bond donors (Lipinski definition) is 0. The van der Waals surface area contributed by atoms with E-state index in [1.165, 1.54) is 6.92 Å². The van der Waals surface area contributed by atoms with Crippen LogP contribution in [0, 0.1) is 0 Å². The molecule has 0 spiro atoms. The van der Waals surface area contributed by atoms with E-state index >= 15 is 0 Å². The standard InChI is InChI=1S/C21H20N2O/c1-4-15-8-9-17-16-6-5-7-18(20(16)24-21(17)23-15)19-12-14(13(2)3)10-11-22-19/h5-13H,4H2,1-3H3/i4D2,13D. The van der Waals surface area contributed by atoms with Gasteiger partial charge in [0.1, 0.15) is 5.58 Å². The minimum absolute atomic E-state index is 0.340. The molecule has 0 atom stereocenters. The third-order valence-corrected chi connectivity index (χ3v) is 4.23. The minimum atomic E-state index is -1.54. The molecule has 3 nitrogen and oxygen atoms in total. The van der Waals surface area contributed by atoms with Crippen molar-refractivity contribution in [2.75, 3.05) is 0 Å². The van der Waals surface area contributed by atoms with Crippen molar-refractivity contribution < 1.29 is 8.53 Å². The number of aromatic nitrogens is 2. The maximum atomic E-state index is 8.27. The summed E-state index contributed by atoms with van der Waals surface area (Å²) in [7, 11) is 0. The second-order valence-electron chi connectivity index (χ2n) is 6.01. The van der Waals surface area contributed by atoms with Crippen LogP contribution in [-0.4, -0.2) is 9.97 Å². The molecule has 4 rings (SSSR count). The first kappa shape index (κ1) is 11.8. The quantitative estimate of drug-likeness (QED) is 0.484. The average molecular weight is 319 g/mol. The van der Waals surface area contributed by atoms with Crippen LogP contribution in [0.1, 0.15) is 42.0 Å². The van der Waals surface area contributed by atoms with E-state index in [9.17, 15) is 0 Å². The van der Waals surface area contributed by atoms with Gasteiger partial charge in [0.15, 0.2) is 0 Å². The van der Waals surface area contributed by atoms with Crippen LogP contribution >= 0.6 is 0 Å². The Morgan fingerprint density at radius 3 is 2.83 bits per heavy atom. The minimum Gasteiger partial charge on any atom is -0.437 e. The molecule has 0 N–H and O–H groups in total. The van der Waals surface area contributed by atoms with E-state index in [0.717, 1.165) is 27.6 Å². The summed E-state index contributed by atoms with van der Waals surface area (Å²) >= 11 is 0. The molecule has 0 aliphatic carbocycles. The molecule has 0 unspecified atom stereocenters. The van der Waals surface area contributed by atoms with Crippen molar-refractivity contribution >= 4 is 22.1 Å². The van der Waals surface area contributed by atoms with Crippen LogP contribution in [0.3, 0.4) is 0 Å². The van der Waals surface area contributed by atoms with Gasteiger partial charge in [0.25, 0.3) is 0 Å². The molecule has 0 aliphatic heterocycles. The highest BCUT2D eigenvalue weighted by molar-refractivity contribution is 6.08. The normalized spacial score (nSPS) is 14.5. The summed E-state index contributed by atoms with van der Waals surface area (Å²) < 4.78 is 30.1. The lowest BCUT2D eigenvalue weighted by Crippen LogP contribution is -1.90. The summed E-state index contributed by atoms with van der Waals surface area (Å²) in [5.74, 6) is -0.720. The molecule has 0 aliphatic rings. The third kappa shape index (κ3) is 2.37. The zero-order chi connectivity index (χ0) is 19.4. The second-order valence-corrected chi connectivity index (χ2v) is 6.01. The Hall–Kier alpha value is -2.68. The number of nitrogens with zero attached hydrogens (tertiary/aromatic N) is 2. The lowest BCUT2D eigenvalue weighted by molar-refractivity contribution is 0.652. The number of benzene rings is 1. The molecular weight excluding hydrogens is 296 g/mol. The van der Waals surface area contributed by atoms with E-state index in [1.807, 2.05) is 50.2 Å². The summed E-state index contributed by atoms with van der Waals surface area (Å²) in [6, 6.07) is 13.2. The van der Waals surface area contributed by atoms with E-state index in [2.05, 4.69) is 9.97 Å². The van der Waals surface area contributed by atoms with Crippen LogP contribution in [0.15, 0.2) is 53.1 Å². The van der Waals surface area contributed by atoms with Gasteiger partial charge in [0.2, 0.25) is 5.71 Å². The molecule has 120 valence electrons. The molecule has 3 heterocycles. The predicted octanol–water partition coefficient (Wildman–Crippen LogP) is 5.73. The van der Waals surface area contributed by atoms with E-state index in [0.29, 0.717) is 17.0 Å². The monoisotopic (exact) mass is 319 g/mol. The average Bonchev–Trinajstić information content (AvgIpc) is 2.98. The van der Waals surface area contributed by atoms with Crippen molar-refractivity contribution in [3.05, 3.63) is 59.9 Å². The summed E-state index contributed by atoms with van der Waals surface area (Å²) in [4.78, 5) is 8.86. The number of para-hydroxylation sites is 1. The maximum absolute atomic E-state index is 8.27. The van der Waals surface area contributed by atoms with Crippen LogP contribution in [0.4, 0.5) is 0 Å². The first-order valence-electron chi connectivity index (χ1n) is 9.44. The first-order valence-corrected chi connectivity index (χ1v) is 7.94. The van der Waals surface area contributed by atoms with Crippen LogP contribution in [0.25, 0.3) is 33.3 Å². The molecule has 0 saturated heterocycles. The molecule has 0 saturated carbocycles. The van der Waals surface area contributed by atoms with E-state index in [4.69, 9.17) is 8.53 Å². The molecule has 3 aromatic heterocycles. The van der Waals surface area contributed by atoms with Gasteiger partial charge in [0.05, 0.1) is 5.69 Å². The smallest absolute Gasteiger partial charge is 0.227 e. The van der Waals surface area contributed by atoms with Gasteiger partial charge in [-0.15, -0.1) is 0 Å². The van der Waals surface area contributed by atoms with E-state index < -0.39 is 12.3 Å². The predicted molar refractivity (Wildman–Crippen MR) is 98.2 cm³/mol. The van der Waals surface area contributed by atoms with Crippen LogP contribution in [0.2, 0.25) is 0 Å². The van der Waals surface area contributed by atoms with E-state index in [1.54, 1.807) is 12.3 Å². The Morgan fingerprint density at radius 2 is 2.04 bits per heavy atom. The fourth-order valence-corrected chi connectivity index (χ4v) is 2.91. The lowest BCUT2D eigenvalue weighted by atomic mass is 10.0. The molecule has 0 radical (unpaired) electrons. The SMILES string of the molecule is [2H]C([2H])(C)c1ccc2c(n1)oc1c(-c3cc(C([2H])(C)C)ccn3)cccc12. The highest BCUT2D eigenvalue weighted by Crippen LogP contribution is 2.35. The topological polar surface area (TPSA) is 38.9 Å². The molecule has 24 heavy (non-hydrogen) atoms. The lowest BCUT2D eigenvalue weighted by Gasteiger charge is -2.07. The fraction of sp³-hybridized carbons (Fsp3) is 0.238. The Labute approximate surface area is 145 Å². The zero-order valence-corrected chi connectivity index (χ0v) is 13.9. The summed E-state index contributed by atoms with van der Waals surface area (Å²) in [5, 5.41) is 1.76. The molecule has 4 aromatic rings. The highest BCUT2D eigenvalue weighted by Gasteiger charge is 2.14. The highest BCUT2D eigenvalue weighted by atomic mass is 16.3. The Balaban J connectivity index is 1.95. The van der Waals surface area contributed by atoms with Crippen LogP contribution in [0.5, 0.6) is 0 Å². The van der Waals surface area contributed by atoms with Crippen molar-refractivity contribution in [3.63, 3.8) is 0 Å². The number of fused-ring (bicyclic) bond motifs is 3. The van der Waals surface area contributed by atoms with E-state index in [-0.39, 0.29) is 0 Å². The van der Waals surface area contributed by atoms with Gasteiger partial charge in [-0.1, -0.05) is 32.9 Å². The largest absolute Gasteiger partial charge is 0.437 e. The first-order chi connectivity index (χ1) is 12.6. The molecule has 0 fully saturated rings. The van der Waals surface area contributed by atoms with Gasteiger partial charge in [0, 0.05) is 32.3 Å². The van der Waals surface area contributed by atoms with Crippen molar-refractivity contribution in [2.24, 2.45) is 0 Å². The van der Waals surface area contributed by atoms with Crippen LogP contribution < -0.4 is 0 Å². The Morgan fingerprint density at radius 1 is 1.17 bits per heavy atom.